The molecule has 0 bridgehead atoms. The molecule has 3 atom stereocenters. The first-order valence-electron chi connectivity index (χ1n) is 9.86. The van der Waals surface area contributed by atoms with Gasteiger partial charge in [0.15, 0.2) is 0 Å². The summed E-state index contributed by atoms with van der Waals surface area (Å²) in [5.41, 5.74) is 2.68. The Hall–Kier alpha value is -1.40. The monoisotopic (exact) mass is 530 g/mol. The molecule has 0 saturated carbocycles. The maximum absolute atomic E-state index is 5.32. The van der Waals surface area contributed by atoms with Crippen molar-refractivity contribution in [2.75, 3.05) is 0 Å². The molecule has 0 aromatic heterocycles. The zero-order chi connectivity index (χ0) is 20.1. The standard InChI is InChI=1S/C24H23N2PSe2/c1-18-13-15-20(16-14-18)23-25-26-24(2,29-23)17-22(19-9-5-3-6-10-19)27(26,28)21-11-7-4-8-12-21/h3-16,22H,17H2,1-2H3/t22-,24-,27-/m0/s1. The molecule has 0 N–H and O–H groups in total. The Balaban J connectivity index is 1.65. The van der Waals surface area contributed by atoms with Gasteiger partial charge in [-0.1, -0.05) is 0 Å². The van der Waals surface area contributed by atoms with Crippen molar-refractivity contribution in [3.63, 3.8) is 0 Å². The van der Waals surface area contributed by atoms with Crippen molar-refractivity contribution in [1.29, 1.82) is 0 Å². The molecule has 2 heterocycles. The molecule has 3 aromatic rings. The van der Waals surface area contributed by atoms with E-state index >= 15 is 0 Å². The van der Waals surface area contributed by atoms with E-state index in [9.17, 15) is 0 Å². The van der Waals surface area contributed by atoms with E-state index in [0.29, 0.717) is 20.6 Å². The summed E-state index contributed by atoms with van der Waals surface area (Å²) < 4.78 is 3.90. The van der Waals surface area contributed by atoms with Gasteiger partial charge in [-0.05, 0) is 0 Å². The Labute approximate surface area is 186 Å². The third-order valence-electron chi connectivity index (χ3n) is 5.81. The van der Waals surface area contributed by atoms with Crippen molar-refractivity contribution in [2.45, 2.75) is 30.4 Å². The molecule has 0 amide bonds. The van der Waals surface area contributed by atoms with E-state index in [1.165, 1.54) is 26.6 Å². The van der Waals surface area contributed by atoms with Gasteiger partial charge in [-0.15, -0.1) is 0 Å². The van der Waals surface area contributed by atoms with Gasteiger partial charge in [0, 0.05) is 0 Å². The molecule has 1 saturated heterocycles. The van der Waals surface area contributed by atoms with Gasteiger partial charge in [-0.3, -0.25) is 0 Å². The minimum atomic E-state index is -1.80. The number of fused-ring (bicyclic) bond motifs is 1. The Morgan fingerprint density at radius 3 is 2.24 bits per heavy atom. The van der Waals surface area contributed by atoms with Gasteiger partial charge in [-0.2, -0.15) is 0 Å². The van der Waals surface area contributed by atoms with Crippen molar-refractivity contribution in [3.8, 4) is 0 Å². The number of hydrogen-bond acceptors (Lipinski definition) is 2. The molecule has 146 valence electrons. The fourth-order valence-electron chi connectivity index (χ4n) is 4.32. The maximum atomic E-state index is 5.32. The molecule has 2 aliphatic rings. The number of hydrazone groups is 1. The number of benzene rings is 3. The van der Waals surface area contributed by atoms with Crippen LogP contribution in [0, 0.1) is 6.92 Å². The molecule has 5 rings (SSSR count). The minimum absolute atomic E-state index is 0.0998. The summed E-state index contributed by atoms with van der Waals surface area (Å²) >= 11 is 4.04. The van der Waals surface area contributed by atoms with Crippen molar-refractivity contribution >= 4 is 45.6 Å². The van der Waals surface area contributed by atoms with Gasteiger partial charge in [0.05, 0.1) is 0 Å². The Bertz CT molecular complexity index is 1110. The van der Waals surface area contributed by atoms with Crippen molar-refractivity contribution in [2.24, 2.45) is 5.10 Å². The molecule has 0 spiro atoms. The van der Waals surface area contributed by atoms with Crippen LogP contribution in [0.2, 0.25) is 0 Å². The first kappa shape index (κ1) is 19.6. The Morgan fingerprint density at radius 2 is 1.59 bits per heavy atom. The van der Waals surface area contributed by atoms with Gasteiger partial charge >= 0.3 is 187 Å². The van der Waals surface area contributed by atoms with E-state index in [1.54, 1.807) is 0 Å². The topological polar surface area (TPSA) is 15.6 Å². The summed E-state index contributed by atoms with van der Waals surface area (Å²) in [5.74, 6) is 0. The van der Waals surface area contributed by atoms with Crippen molar-refractivity contribution < 1.29 is 0 Å². The number of hydrogen-bond donors (Lipinski definition) is 0. The van der Waals surface area contributed by atoms with E-state index in [2.05, 4.69) is 119 Å². The zero-order valence-corrected chi connectivity index (χ0v) is 20.8. The second-order valence-electron chi connectivity index (χ2n) is 7.93. The number of aryl methyl sites for hydroxylation is 1. The van der Waals surface area contributed by atoms with E-state index in [0.717, 1.165) is 6.42 Å². The third-order valence-corrected chi connectivity index (χ3v) is 16.2. The Kier molecular flexibility index (Phi) is 4.98. The van der Waals surface area contributed by atoms with Gasteiger partial charge in [-0.25, -0.2) is 0 Å². The fraction of sp³-hybridized carbons (Fsp3) is 0.208. The quantitative estimate of drug-likeness (QED) is 0.350. The molecule has 0 aliphatic carbocycles. The average Bonchev–Trinajstić information content (AvgIpc) is 3.21. The summed E-state index contributed by atoms with van der Waals surface area (Å²) in [6.45, 7) is 4.57. The summed E-state index contributed by atoms with van der Waals surface area (Å²) in [7, 11) is 0. The van der Waals surface area contributed by atoms with E-state index in [-0.39, 0.29) is 4.44 Å². The SMILES string of the molecule is Cc1ccc(C2=NN3[C@](C)(C[C@@H](c4ccccc4)[P@@]3(=[Se])c3ccccc3)[Se]2)cc1. The molecule has 3 aromatic carbocycles. The molecule has 0 radical (unpaired) electrons. The van der Waals surface area contributed by atoms with Crippen molar-refractivity contribution in [3.05, 3.63) is 102 Å². The van der Waals surface area contributed by atoms with Gasteiger partial charge in [0.1, 0.15) is 0 Å². The molecule has 0 unspecified atom stereocenters. The van der Waals surface area contributed by atoms with Crippen LogP contribution in [0.4, 0.5) is 0 Å². The predicted molar refractivity (Wildman–Crippen MR) is 126 cm³/mol. The summed E-state index contributed by atoms with van der Waals surface area (Å²) in [4.78, 5) is 0. The molecule has 5 heteroatoms. The van der Waals surface area contributed by atoms with Crippen LogP contribution in [-0.2, 0) is 0 Å². The number of nitrogens with zero attached hydrogens (tertiary/aromatic N) is 2. The van der Waals surface area contributed by atoms with Crippen LogP contribution in [0.1, 0.15) is 35.7 Å². The first-order valence-corrected chi connectivity index (χ1v) is 15.6. The molecular formula is C24H23N2PSe2. The van der Waals surface area contributed by atoms with Crippen LogP contribution in [0.25, 0.3) is 0 Å². The summed E-state index contributed by atoms with van der Waals surface area (Å²) in [6.07, 6.45) is 1.14. The second-order valence-corrected chi connectivity index (χ2v) is 17.3. The van der Waals surface area contributed by atoms with E-state index in [1.807, 2.05) is 0 Å². The van der Waals surface area contributed by atoms with Gasteiger partial charge in [0.2, 0.25) is 0 Å². The third kappa shape index (κ3) is 3.23. The molecule has 1 fully saturated rings. The predicted octanol–water partition coefficient (Wildman–Crippen LogP) is 4.88. The summed E-state index contributed by atoms with van der Waals surface area (Å²) in [5, 5.41) is 6.73. The first-order chi connectivity index (χ1) is 14.0. The van der Waals surface area contributed by atoms with Crippen LogP contribution in [0.5, 0.6) is 0 Å². The number of rotatable bonds is 3. The van der Waals surface area contributed by atoms with E-state index < -0.39 is 5.66 Å². The molecule has 2 nitrogen and oxygen atoms in total. The zero-order valence-electron chi connectivity index (χ0n) is 16.5. The van der Waals surface area contributed by atoms with Crippen LogP contribution in [-0.4, -0.2) is 43.9 Å². The molecule has 2 aliphatic heterocycles. The van der Waals surface area contributed by atoms with Crippen LogP contribution < -0.4 is 5.30 Å². The van der Waals surface area contributed by atoms with Gasteiger partial charge < -0.3 is 0 Å². The summed E-state index contributed by atoms with van der Waals surface area (Å²) in [6, 6.07) is 30.9. The van der Waals surface area contributed by atoms with Gasteiger partial charge in [0.25, 0.3) is 0 Å². The fourth-order valence-corrected chi connectivity index (χ4v) is 15.9. The van der Waals surface area contributed by atoms with E-state index in [4.69, 9.17) is 5.10 Å². The second kappa shape index (κ2) is 7.38. The molecular weight excluding hydrogens is 505 g/mol. The normalized spacial score (nSPS) is 28.3. The van der Waals surface area contributed by atoms with Crippen LogP contribution >= 0.6 is 5.66 Å². The van der Waals surface area contributed by atoms with Crippen LogP contribution in [0.15, 0.2) is 90.0 Å². The Morgan fingerprint density at radius 1 is 0.966 bits per heavy atom. The van der Waals surface area contributed by atoms with Crippen LogP contribution in [0.3, 0.4) is 0 Å². The molecule has 29 heavy (non-hydrogen) atoms. The average molecular weight is 528 g/mol. The van der Waals surface area contributed by atoms with Crippen molar-refractivity contribution in [1.82, 2.24) is 4.78 Å².